The second kappa shape index (κ2) is 52.3. The summed E-state index contributed by atoms with van der Waals surface area (Å²) in [5.74, 6) is -11.2. The maximum absolute atomic E-state index is 14.5. The van der Waals surface area contributed by atoms with E-state index >= 15 is 0 Å². The Balaban J connectivity index is 0.868. The van der Waals surface area contributed by atoms with E-state index in [1.807, 2.05) is 13.8 Å². The van der Waals surface area contributed by atoms with Crippen LogP contribution in [-0.2, 0) is 113 Å². The van der Waals surface area contributed by atoms with E-state index < -0.39 is 273 Å². The van der Waals surface area contributed by atoms with Crippen molar-refractivity contribution in [2.24, 2.45) is 0 Å². The van der Waals surface area contributed by atoms with E-state index in [-0.39, 0.29) is 108 Å². The highest BCUT2D eigenvalue weighted by molar-refractivity contribution is 7.80. The topological polar surface area (TPSA) is 790 Å². The number of rotatable bonds is 54. The number of fused-ring (bicyclic) bond motifs is 2. The normalized spacial score (nSPS) is 11.0. The largest absolute Gasteiger partial charge is 0.383 e. The number of nitrogens with zero attached hydrogens (tertiary/aromatic N) is 23. The minimum Gasteiger partial charge on any atom is -0.383 e. The van der Waals surface area contributed by atoms with E-state index in [1.54, 1.807) is 0 Å². The van der Waals surface area contributed by atoms with Crippen molar-refractivity contribution >= 4 is 147 Å². The summed E-state index contributed by atoms with van der Waals surface area (Å²) in [5.41, 5.74) is 23.5. The number of thiol groups is 1. The molecule has 141 heavy (non-hydrogen) atoms. The third-order valence-electron chi connectivity index (χ3n) is 20.9. The standard InChI is InChI=1S/C81H110N38O21S/c1-49(2)87-11-21-106(62(127)38-113-18-7-52(82)101-77(113)136)32-56(121)91-14-24-109(65(130)41-116-29-50(3)75(134)104-80(116)139)35-59(124)94-17-27-112(68(133)44-119-48-100-70-72(86)96-46-98-74(70)119)37-61(126)92-15-25-110(66(131)42-117-30-51(4)76(135)105-81(117)140)34-58(123)89-13-23-108(64(129)40-115-20-9-54(84)103-79(115)138)33-57(122)93-16-26-111(67(132)43-118-47-99-69-71(85)95-45-97-73(69)118)36-60(125)90-12-22-107(31-55(120)88-10-5-6-28-141)63(128)39-114-19-8-53(83)102-78(114)137/h7-9,18-20,29-30,45-49,87,141H,5-6,10-17,21-28,31-44H2,1-4H3,(H,88,120)(H,89,123)(H,90,125)(H,91,121)(H,92,126)(H,93,122)(H,94,124)(H2,82,101,136)(H2,83,102,137)(H2,84,103,138)(H2,85,95,97)(H2,86,96,98)(H,104,134,139)(H,105,135,140). The first-order valence-electron chi connectivity index (χ1n) is 43.8. The predicted octanol–water partition coefficient (Wildman–Crippen LogP) is -12.6. The number of hydrogen-bond acceptors (Lipinski definition) is 37. The lowest BCUT2D eigenvalue weighted by Gasteiger charge is -2.26. The maximum atomic E-state index is 14.5. The highest BCUT2D eigenvalue weighted by atomic mass is 32.1. The van der Waals surface area contributed by atoms with Crippen LogP contribution in [0.25, 0.3) is 22.3 Å². The molecule has 0 spiro atoms. The van der Waals surface area contributed by atoms with Crippen molar-refractivity contribution in [3.8, 4) is 0 Å². The molecule has 0 fully saturated rings. The zero-order valence-corrected chi connectivity index (χ0v) is 78.2. The van der Waals surface area contributed by atoms with E-state index in [0.29, 0.717) is 18.6 Å². The molecule has 14 amide bonds. The van der Waals surface area contributed by atoms with Crippen LogP contribution in [0, 0.1) is 13.8 Å². The molecule has 0 saturated heterocycles. The van der Waals surface area contributed by atoms with Crippen molar-refractivity contribution in [2.75, 3.05) is 178 Å². The first kappa shape index (κ1) is 108. The van der Waals surface area contributed by atoms with Crippen LogP contribution in [0.5, 0.6) is 0 Å². The number of unbranched alkanes of at least 4 members (excludes halogenated alkanes) is 1. The van der Waals surface area contributed by atoms with Gasteiger partial charge in [-0.3, -0.25) is 110 Å². The summed E-state index contributed by atoms with van der Waals surface area (Å²) in [7, 11) is 0. The van der Waals surface area contributed by atoms with E-state index in [4.69, 9.17) is 28.7 Å². The summed E-state index contributed by atoms with van der Waals surface area (Å²) in [6.45, 7) is -7.46. The highest BCUT2D eigenvalue weighted by Crippen LogP contribution is 2.17. The summed E-state index contributed by atoms with van der Waals surface area (Å²) in [4.78, 5) is 332. The van der Waals surface area contributed by atoms with Crippen molar-refractivity contribution < 1.29 is 67.1 Å². The van der Waals surface area contributed by atoms with Crippen molar-refractivity contribution in [2.45, 2.75) is 92.4 Å². The fourth-order valence-electron chi connectivity index (χ4n) is 13.5. The quantitative estimate of drug-likeness (QED) is 0.0124. The molecule has 0 aromatic carbocycles. The summed E-state index contributed by atoms with van der Waals surface area (Å²) in [6.07, 6.45) is 11.9. The minimum absolute atomic E-state index is 0.00269. The Morgan fingerprint density at radius 3 is 0.865 bits per heavy atom. The second-order valence-electron chi connectivity index (χ2n) is 32.0. The molecule has 0 aliphatic carbocycles. The van der Waals surface area contributed by atoms with Gasteiger partial charge in [0.15, 0.2) is 22.9 Å². The summed E-state index contributed by atoms with van der Waals surface area (Å²) < 4.78 is 7.16. The number of nitrogen functional groups attached to an aromatic ring is 5. The molecule has 0 radical (unpaired) electrons. The molecule has 0 bridgehead atoms. The Hall–Kier alpha value is -17.0. The monoisotopic (exact) mass is 1980 g/mol. The zero-order valence-electron chi connectivity index (χ0n) is 77.3. The maximum Gasteiger partial charge on any atom is 0.349 e. The molecule has 20 N–H and O–H groups in total. The fraction of sp³-hybridized carbons (Fsp3) is 0.457. The van der Waals surface area contributed by atoms with Gasteiger partial charge in [-0.25, -0.2) is 53.9 Å². The summed E-state index contributed by atoms with van der Waals surface area (Å²) >= 11 is 4.19. The number of aromatic nitrogens is 18. The third kappa shape index (κ3) is 33.5. The predicted molar refractivity (Wildman–Crippen MR) is 504 cm³/mol. The van der Waals surface area contributed by atoms with Crippen LogP contribution in [0.2, 0.25) is 0 Å². The summed E-state index contributed by atoms with van der Waals surface area (Å²) in [6, 6.07) is 3.80. The van der Waals surface area contributed by atoms with Crippen molar-refractivity contribution in [1.29, 1.82) is 0 Å². The van der Waals surface area contributed by atoms with Crippen LogP contribution < -0.4 is 111 Å². The van der Waals surface area contributed by atoms with Gasteiger partial charge in [-0.1, -0.05) is 13.8 Å². The molecule has 9 heterocycles. The van der Waals surface area contributed by atoms with Crippen LogP contribution in [0.15, 0.2) is 108 Å². The number of hydrogen-bond donors (Lipinski definition) is 16. The van der Waals surface area contributed by atoms with E-state index in [1.165, 1.54) is 71.1 Å². The molecular weight excluding hydrogens is 1870 g/mol. The number of amides is 14. The van der Waals surface area contributed by atoms with Gasteiger partial charge in [0, 0.05) is 146 Å². The van der Waals surface area contributed by atoms with Gasteiger partial charge >= 0.3 is 28.4 Å². The number of anilines is 5. The molecule has 756 valence electrons. The second-order valence-corrected chi connectivity index (χ2v) is 32.4. The van der Waals surface area contributed by atoms with Gasteiger partial charge in [0.2, 0.25) is 82.7 Å². The summed E-state index contributed by atoms with van der Waals surface area (Å²) in [5, 5.41) is 21.4. The minimum atomic E-state index is -1.03. The van der Waals surface area contributed by atoms with Crippen molar-refractivity contribution in [3.63, 3.8) is 0 Å². The molecule has 0 saturated carbocycles. The van der Waals surface area contributed by atoms with Gasteiger partial charge in [-0.05, 0) is 50.6 Å². The lowest BCUT2D eigenvalue weighted by molar-refractivity contribution is -0.138. The first-order chi connectivity index (χ1) is 67.2. The zero-order chi connectivity index (χ0) is 103. The number of H-pyrrole nitrogens is 2. The molecule has 0 aliphatic heterocycles. The molecule has 59 nitrogen and oxygen atoms in total. The van der Waals surface area contributed by atoms with Gasteiger partial charge in [-0.2, -0.15) is 27.6 Å². The highest BCUT2D eigenvalue weighted by Gasteiger charge is 2.30. The number of imidazole rings is 2. The third-order valence-corrected chi connectivity index (χ3v) is 21.3. The molecular formula is C81H110N38O21S. The number of carbonyl (C=O) groups excluding carboxylic acids is 14. The Bertz CT molecular complexity index is 6520. The van der Waals surface area contributed by atoms with Crippen LogP contribution in [0.3, 0.4) is 0 Å². The van der Waals surface area contributed by atoms with Gasteiger partial charge in [0.25, 0.3) is 11.1 Å². The Labute approximate surface area is 803 Å². The molecule has 0 unspecified atom stereocenters. The van der Waals surface area contributed by atoms with Gasteiger partial charge in [0.05, 0.1) is 58.5 Å². The Kier molecular flexibility index (Phi) is 40.0. The fourth-order valence-corrected chi connectivity index (χ4v) is 13.7. The van der Waals surface area contributed by atoms with Crippen LogP contribution in [0.1, 0.15) is 37.8 Å². The van der Waals surface area contributed by atoms with Crippen molar-refractivity contribution in [1.82, 2.24) is 164 Å². The molecule has 0 atom stereocenters. The van der Waals surface area contributed by atoms with Gasteiger partial charge in [0.1, 0.15) is 87.0 Å². The Morgan fingerprint density at radius 2 is 0.603 bits per heavy atom. The Morgan fingerprint density at radius 1 is 0.348 bits per heavy atom. The lowest BCUT2D eigenvalue weighted by Crippen LogP contribution is -2.50. The number of nitrogens with two attached hydrogens (primary N) is 5. The van der Waals surface area contributed by atoms with Gasteiger partial charge < -0.3 is 115 Å². The van der Waals surface area contributed by atoms with E-state index in [2.05, 4.69) is 110 Å². The van der Waals surface area contributed by atoms with Gasteiger partial charge in [-0.15, -0.1) is 0 Å². The molecule has 9 aromatic heterocycles. The molecule has 60 heteroatoms. The first-order valence-corrected chi connectivity index (χ1v) is 44.4. The van der Waals surface area contributed by atoms with Crippen molar-refractivity contribution in [3.05, 3.63) is 159 Å². The average Bonchev–Trinajstić information content (AvgIpc) is 1.51. The lowest BCUT2D eigenvalue weighted by atomic mass is 10.3. The molecule has 9 aromatic rings. The number of carbonyl (C=O) groups is 14. The van der Waals surface area contributed by atoms with E-state index in [0.717, 1.165) is 83.5 Å². The van der Waals surface area contributed by atoms with Crippen LogP contribution in [0.4, 0.5) is 29.1 Å². The van der Waals surface area contributed by atoms with Crippen LogP contribution >= 0.6 is 12.6 Å². The number of aryl methyl sites for hydroxylation is 2. The molecule has 0 aliphatic rings. The van der Waals surface area contributed by atoms with Crippen LogP contribution in [-0.4, -0.2) is 360 Å². The SMILES string of the molecule is Cc1cn(CC(=O)N(CCNC(=O)CN(CCNC(=O)CN(CCNC(=O)CN(CCNC(C)C)C(=O)Cn2ccc(N)nc2=O)C(=O)Cn2cc(C)c(=O)[nH]c2=O)C(=O)Cn2cnc3c(N)ncnc32)CC(=O)NCCN(CC(=O)NCCN(CC(=O)NCCN(CC(=O)NCCCCS)C(=O)Cn2ccc(N)nc2=O)C(=O)Cn2cnc3c(N)ncnc32)C(=O)Cn2ccc(N)nc2=O)c(=O)[nH]c1=O. The smallest absolute Gasteiger partial charge is 0.349 e. The number of aromatic amines is 2. The molecule has 9 rings (SSSR count). The average molecular weight is 1980 g/mol. The number of nitrogens with one attached hydrogen (secondary N) is 10. The van der Waals surface area contributed by atoms with E-state index in [9.17, 15) is 101 Å².